The van der Waals surface area contributed by atoms with E-state index in [2.05, 4.69) is 27.6 Å². The number of hydrogen-bond donors (Lipinski definition) is 0. The first kappa shape index (κ1) is 13.0. The molecule has 2 rings (SSSR count). The van der Waals surface area contributed by atoms with Crippen LogP contribution in [0.25, 0.3) is 0 Å². The summed E-state index contributed by atoms with van der Waals surface area (Å²) in [6.45, 7) is 2.60. The molecule has 0 aliphatic heterocycles. The van der Waals surface area contributed by atoms with E-state index in [1.807, 2.05) is 43.3 Å². The molecule has 1 amide bonds. The van der Waals surface area contributed by atoms with Crippen LogP contribution in [0.2, 0.25) is 0 Å². The molecule has 1 aromatic carbocycles. The van der Waals surface area contributed by atoms with Gasteiger partial charge in [-0.05, 0) is 65.9 Å². The maximum atomic E-state index is 12.4. The van der Waals surface area contributed by atoms with Crippen LogP contribution in [0, 0.1) is 3.57 Å². The number of benzene rings is 1. The van der Waals surface area contributed by atoms with E-state index in [9.17, 15) is 4.79 Å². The molecule has 0 fully saturated rings. The standard InChI is InChI=1S/C14H13IN2O/c1-2-17(13-7-9-16-10-8-13)14(18)11-3-5-12(15)6-4-11/h3-10H,2H2,1H3. The third-order valence-electron chi connectivity index (χ3n) is 2.63. The second-order valence-electron chi connectivity index (χ2n) is 3.76. The molecule has 2 aromatic rings. The minimum atomic E-state index is 0.0140. The van der Waals surface area contributed by atoms with E-state index >= 15 is 0 Å². The number of rotatable bonds is 3. The Morgan fingerprint density at radius 2 is 1.78 bits per heavy atom. The number of hydrogen-bond acceptors (Lipinski definition) is 2. The normalized spacial score (nSPS) is 10.1. The van der Waals surface area contributed by atoms with Crippen molar-refractivity contribution >= 4 is 34.2 Å². The van der Waals surface area contributed by atoms with Gasteiger partial charge >= 0.3 is 0 Å². The highest BCUT2D eigenvalue weighted by atomic mass is 127. The Kier molecular flexibility index (Phi) is 4.30. The molecule has 0 atom stereocenters. The van der Waals surface area contributed by atoms with E-state index < -0.39 is 0 Å². The van der Waals surface area contributed by atoms with E-state index in [0.29, 0.717) is 12.1 Å². The summed E-state index contributed by atoms with van der Waals surface area (Å²) in [6, 6.07) is 11.3. The summed E-state index contributed by atoms with van der Waals surface area (Å²) in [6.07, 6.45) is 3.39. The van der Waals surface area contributed by atoms with Gasteiger partial charge in [0.2, 0.25) is 0 Å². The van der Waals surface area contributed by atoms with E-state index in [-0.39, 0.29) is 5.91 Å². The first-order valence-corrected chi connectivity index (χ1v) is 6.77. The number of halogens is 1. The minimum Gasteiger partial charge on any atom is -0.309 e. The third-order valence-corrected chi connectivity index (χ3v) is 3.35. The van der Waals surface area contributed by atoms with E-state index in [1.165, 1.54) is 0 Å². The van der Waals surface area contributed by atoms with Crippen LogP contribution in [-0.4, -0.2) is 17.4 Å². The number of carbonyl (C=O) groups excluding carboxylic acids is 1. The minimum absolute atomic E-state index is 0.0140. The van der Waals surface area contributed by atoms with Crippen LogP contribution in [-0.2, 0) is 0 Å². The van der Waals surface area contributed by atoms with Crippen LogP contribution in [0.3, 0.4) is 0 Å². The fourth-order valence-electron chi connectivity index (χ4n) is 1.72. The Labute approximate surface area is 120 Å². The van der Waals surface area contributed by atoms with Gasteiger partial charge in [0.1, 0.15) is 0 Å². The molecule has 0 spiro atoms. The van der Waals surface area contributed by atoms with Crippen molar-refractivity contribution in [2.24, 2.45) is 0 Å². The molecule has 0 N–H and O–H groups in total. The Bertz CT molecular complexity index is 525. The summed E-state index contributed by atoms with van der Waals surface area (Å²) in [5.74, 6) is 0.0140. The van der Waals surface area contributed by atoms with Crippen molar-refractivity contribution in [1.29, 1.82) is 0 Å². The average molecular weight is 352 g/mol. The Morgan fingerprint density at radius 3 is 2.33 bits per heavy atom. The third kappa shape index (κ3) is 2.87. The van der Waals surface area contributed by atoms with Crippen LogP contribution in [0.5, 0.6) is 0 Å². The van der Waals surface area contributed by atoms with Gasteiger partial charge in [0.05, 0.1) is 0 Å². The Hall–Kier alpha value is -1.43. The van der Waals surface area contributed by atoms with E-state index in [4.69, 9.17) is 0 Å². The number of aromatic nitrogens is 1. The van der Waals surface area contributed by atoms with Gasteiger partial charge in [-0.25, -0.2) is 0 Å². The largest absolute Gasteiger partial charge is 0.309 e. The molecule has 0 saturated carbocycles. The van der Waals surface area contributed by atoms with Crippen molar-refractivity contribution in [2.75, 3.05) is 11.4 Å². The molecular formula is C14H13IN2O. The van der Waals surface area contributed by atoms with Gasteiger partial charge < -0.3 is 4.90 Å². The smallest absolute Gasteiger partial charge is 0.258 e. The zero-order valence-electron chi connectivity index (χ0n) is 10.0. The zero-order chi connectivity index (χ0) is 13.0. The molecule has 18 heavy (non-hydrogen) atoms. The van der Waals surface area contributed by atoms with Crippen LogP contribution >= 0.6 is 22.6 Å². The molecule has 1 aromatic heterocycles. The molecule has 0 bridgehead atoms. The van der Waals surface area contributed by atoms with Crippen molar-refractivity contribution in [3.63, 3.8) is 0 Å². The fraction of sp³-hybridized carbons (Fsp3) is 0.143. The number of nitrogens with zero attached hydrogens (tertiary/aromatic N) is 2. The van der Waals surface area contributed by atoms with Gasteiger partial charge in [0, 0.05) is 33.8 Å². The summed E-state index contributed by atoms with van der Waals surface area (Å²) < 4.78 is 1.12. The molecule has 4 heteroatoms. The fourth-order valence-corrected chi connectivity index (χ4v) is 2.08. The van der Waals surface area contributed by atoms with E-state index in [1.54, 1.807) is 17.3 Å². The number of pyridine rings is 1. The Morgan fingerprint density at radius 1 is 1.17 bits per heavy atom. The van der Waals surface area contributed by atoms with Crippen LogP contribution < -0.4 is 4.90 Å². The maximum absolute atomic E-state index is 12.4. The first-order chi connectivity index (χ1) is 8.72. The lowest BCUT2D eigenvalue weighted by Gasteiger charge is -2.20. The lowest BCUT2D eigenvalue weighted by Crippen LogP contribution is -2.30. The molecule has 0 aliphatic carbocycles. The summed E-state index contributed by atoms with van der Waals surface area (Å²) in [4.78, 5) is 18.1. The monoisotopic (exact) mass is 352 g/mol. The van der Waals surface area contributed by atoms with Crippen LogP contribution in [0.4, 0.5) is 5.69 Å². The highest BCUT2D eigenvalue weighted by Gasteiger charge is 2.15. The van der Waals surface area contributed by atoms with Crippen molar-refractivity contribution in [2.45, 2.75) is 6.92 Å². The summed E-state index contributed by atoms with van der Waals surface area (Å²) in [5.41, 5.74) is 1.57. The van der Waals surface area contributed by atoms with Crippen molar-refractivity contribution in [3.8, 4) is 0 Å². The molecule has 0 saturated heterocycles. The van der Waals surface area contributed by atoms with Crippen molar-refractivity contribution in [1.82, 2.24) is 4.98 Å². The van der Waals surface area contributed by atoms with Crippen LogP contribution in [0.15, 0.2) is 48.8 Å². The Balaban J connectivity index is 2.28. The predicted octanol–water partition coefficient (Wildman–Crippen LogP) is 3.35. The van der Waals surface area contributed by atoms with Gasteiger partial charge in [-0.3, -0.25) is 9.78 Å². The van der Waals surface area contributed by atoms with E-state index in [0.717, 1.165) is 9.26 Å². The summed E-state index contributed by atoms with van der Waals surface area (Å²) >= 11 is 2.22. The summed E-state index contributed by atoms with van der Waals surface area (Å²) in [7, 11) is 0. The molecule has 0 aliphatic rings. The molecule has 1 heterocycles. The molecule has 92 valence electrons. The van der Waals surface area contributed by atoms with Gasteiger partial charge in [-0.15, -0.1) is 0 Å². The lowest BCUT2D eigenvalue weighted by molar-refractivity contribution is 0.0988. The maximum Gasteiger partial charge on any atom is 0.258 e. The van der Waals surface area contributed by atoms with Gasteiger partial charge in [0.15, 0.2) is 0 Å². The zero-order valence-corrected chi connectivity index (χ0v) is 12.2. The van der Waals surface area contributed by atoms with Crippen molar-refractivity contribution < 1.29 is 4.79 Å². The second-order valence-corrected chi connectivity index (χ2v) is 5.01. The average Bonchev–Trinajstić information content (AvgIpc) is 2.41. The van der Waals surface area contributed by atoms with Crippen LogP contribution in [0.1, 0.15) is 17.3 Å². The SMILES string of the molecule is CCN(C(=O)c1ccc(I)cc1)c1ccncc1. The first-order valence-electron chi connectivity index (χ1n) is 5.70. The lowest BCUT2D eigenvalue weighted by atomic mass is 10.2. The summed E-state index contributed by atoms with van der Waals surface area (Å²) in [5, 5.41) is 0. The number of anilines is 1. The van der Waals surface area contributed by atoms with Gasteiger partial charge in [-0.2, -0.15) is 0 Å². The predicted molar refractivity (Wildman–Crippen MR) is 80.7 cm³/mol. The quantitative estimate of drug-likeness (QED) is 0.794. The second kappa shape index (κ2) is 5.95. The number of amides is 1. The molecule has 3 nitrogen and oxygen atoms in total. The molecule has 0 radical (unpaired) electrons. The topological polar surface area (TPSA) is 33.2 Å². The molecule has 0 unspecified atom stereocenters. The highest BCUT2D eigenvalue weighted by molar-refractivity contribution is 14.1. The van der Waals surface area contributed by atoms with Gasteiger partial charge in [0.25, 0.3) is 5.91 Å². The van der Waals surface area contributed by atoms with Crippen molar-refractivity contribution in [3.05, 3.63) is 57.9 Å². The highest BCUT2D eigenvalue weighted by Crippen LogP contribution is 2.16. The molecular weight excluding hydrogens is 339 g/mol. The van der Waals surface area contributed by atoms with Gasteiger partial charge in [-0.1, -0.05) is 0 Å². The number of carbonyl (C=O) groups is 1.